The molecular formula is C34H30F2N2O5. The molecule has 0 spiro atoms. The van der Waals surface area contributed by atoms with Crippen molar-refractivity contribution in [1.82, 2.24) is 4.90 Å². The molecule has 0 aliphatic carbocycles. The summed E-state index contributed by atoms with van der Waals surface area (Å²) in [5.41, 5.74) is 2.90. The second kappa shape index (κ2) is 13.3. The monoisotopic (exact) mass is 584 g/mol. The Morgan fingerprint density at radius 2 is 1.56 bits per heavy atom. The molecule has 1 aliphatic rings. The van der Waals surface area contributed by atoms with Crippen molar-refractivity contribution >= 4 is 23.3 Å². The fourth-order valence-corrected chi connectivity index (χ4v) is 5.17. The van der Waals surface area contributed by atoms with E-state index in [1.165, 1.54) is 60.7 Å². The molecule has 5 rings (SSSR count). The first-order chi connectivity index (χ1) is 20.8. The van der Waals surface area contributed by atoms with Gasteiger partial charge in [0.05, 0.1) is 18.6 Å². The summed E-state index contributed by atoms with van der Waals surface area (Å²) in [4.78, 5) is 28.6. The van der Waals surface area contributed by atoms with E-state index in [2.05, 4.69) is 5.32 Å². The van der Waals surface area contributed by atoms with E-state index in [9.17, 15) is 28.6 Å². The van der Waals surface area contributed by atoms with Crippen molar-refractivity contribution < 1.29 is 33.3 Å². The van der Waals surface area contributed by atoms with Gasteiger partial charge in [-0.25, -0.2) is 18.5 Å². The van der Waals surface area contributed by atoms with Crippen LogP contribution in [-0.2, 0) is 9.53 Å². The molecule has 0 bridgehead atoms. The molecule has 1 fully saturated rings. The van der Waals surface area contributed by atoms with E-state index >= 15 is 0 Å². The first kappa shape index (κ1) is 29.5. The van der Waals surface area contributed by atoms with Gasteiger partial charge in [0.25, 0.3) is 0 Å². The van der Waals surface area contributed by atoms with Crippen LogP contribution in [0.5, 0.6) is 5.75 Å². The summed E-state index contributed by atoms with van der Waals surface area (Å²) in [7, 11) is 0. The van der Waals surface area contributed by atoms with E-state index in [1.54, 1.807) is 18.2 Å². The summed E-state index contributed by atoms with van der Waals surface area (Å²) in [5, 5.41) is 23.5. The maximum Gasteiger partial charge on any atom is 0.417 e. The minimum atomic E-state index is -0.951. The van der Waals surface area contributed by atoms with Gasteiger partial charge in [0.1, 0.15) is 30.0 Å². The maximum atomic E-state index is 14.5. The molecule has 2 amide bonds. The van der Waals surface area contributed by atoms with E-state index in [0.29, 0.717) is 22.4 Å². The van der Waals surface area contributed by atoms with E-state index in [4.69, 9.17) is 4.74 Å². The predicted molar refractivity (Wildman–Crippen MR) is 158 cm³/mol. The lowest BCUT2D eigenvalue weighted by Crippen LogP contribution is -2.42. The van der Waals surface area contributed by atoms with Gasteiger partial charge in [0.2, 0.25) is 5.91 Å². The Balaban J connectivity index is 1.59. The number of allylic oxidation sites excluding steroid dienone is 1. The molecule has 0 aromatic heterocycles. The molecule has 4 aromatic rings. The number of ether oxygens (including phenoxy) is 1. The van der Waals surface area contributed by atoms with Gasteiger partial charge in [-0.15, -0.1) is 0 Å². The quantitative estimate of drug-likeness (QED) is 0.194. The molecule has 1 heterocycles. The highest BCUT2D eigenvalue weighted by Crippen LogP contribution is 2.37. The average Bonchev–Trinajstić information content (AvgIpc) is 3.42. The van der Waals surface area contributed by atoms with Gasteiger partial charge in [0.15, 0.2) is 0 Å². The van der Waals surface area contributed by atoms with Crippen molar-refractivity contribution in [3.05, 3.63) is 138 Å². The lowest BCUT2D eigenvalue weighted by atomic mass is 9.87. The van der Waals surface area contributed by atoms with Gasteiger partial charge in [0, 0.05) is 5.69 Å². The number of imide groups is 1. The summed E-state index contributed by atoms with van der Waals surface area (Å²) in [6.45, 7) is -0.385. The number of aliphatic hydroxyl groups excluding tert-OH is 1. The standard InChI is InChI=1S/C34H30F2N2O5/c35-26-11-6-22(7-12-26)25(20-39)10-19-30(33(41)38-31(21-43-34(38)42)23-4-2-1-3-5-23)32(24-8-17-29(40)18-9-24)37-28-15-13-27(36)14-16-28/h1-18,30-32,37,39-40H,19-21H2/b25-10+/t30-,31-,32-/m1/s1. The molecule has 0 radical (unpaired) electrons. The van der Waals surface area contributed by atoms with Gasteiger partial charge >= 0.3 is 6.09 Å². The Hall–Kier alpha value is -5.02. The van der Waals surface area contributed by atoms with Gasteiger partial charge < -0.3 is 20.3 Å². The highest BCUT2D eigenvalue weighted by molar-refractivity contribution is 5.95. The molecule has 1 saturated heterocycles. The number of hydrogen-bond donors (Lipinski definition) is 3. The van der Waals surface area contributed by atoms with E-state index < -0.39 is 41.6 Å². The zero-order valence-electron chi connectivity index (χ0n) is 23.1. The fraction of sp³-hybridized carbons (Fsp3) is 0.176. The number of nitrogens with zero attached hydrogens (tertiary/aromatic N) is 1. The number of hydrogen-bond acceptors (Lipinski definition) is 6. The second-order valence-corrected chi connectivity index (χ2v) is 10.2. The molecule has 4 aromatic carbocycles. The van der Waals surface area contributed by atoms with Gasteiger partial charge in [-0.3, -0.25) is 4.79 Å². The largest absolute Gasteiger partial charge is 0.508 e. The number of carbonyl (C=O) groups excluding carboxylic acids is 2. The number of halogens is 2. The van der Waals surface area contributed by atoms with Gasteiger partial charge in [-0.2, -0.15) is 0 Å². The number of cyclic esters (lactones) is 1. The molecule has 43 heavy (non-hydrogen) atoms. The van der Waals surface area contributed by atoms with Crippen LogP contribution < -0.4 is 5.32 Å². The number of aliphatic hydroxyl groups is 1. The first-order valence-corrected chi connectivity index (χ1v) is 13.8. The topological polar surface area (TPSA) is 99.1 Å². The number of anilines is 1. The number of benzene rings is 4. The summed E-state index contributed by atoms with van der Waals surface area (Å²) in [6, 6.07) is 25.2. The molecule has 0 saturated carbocycles. The molecule has 9 heteroatoms. The third kappa shape index (κ3) is 6.90. The molecule has 3 N–H and O–H groups in total. The van der Waals surface area contributed by atoms with Crippen molar-refractivity contribution in [2.45, 2.75) is 18.5 Å². The van der Waals surface area contributed by atoms with Crippen LogP contribution in [-0.4, -0.2) is 40.3 Å². The summed E-state index contributed by atoms with van der Waals surface area (Å²) in [6.07, 6.45) is 0.964. The van der Waals surface area contributed by atoms with Crippen LogP contribution in [0.25, 0.3) is 5.57 Å². The van der Waals surface area contributed by atoms with Crippen LogP contribution in [0.2, 0.25) is 0 Å². The van der Waals surface area contributed by atoms with Gasteiger partial charge in [-0.1, -0.05) is 60.7 Å². The highest BCUT2D eigenvalue weighted by Gasteiger charge is 2.43. The number of nitrogens with one attached hydrogen (secondary N) is 1. The summed E-state index contributed by atoms with van der Waals surface area (Å²) in [5.74, 6) is -2.31. The lowest BCUT2D eigenvalue weighted by Gasteiger charge is -2.32. The first-order valence-electron chi connectivity index (χ1n) is 13.8. The Kier molecular flexibility index (Phi) is 9.12. The lowest BCUT2D eigenvalue weighted by molar-refractivity contribution is -0.134. The highest BCUT2D eigenvalue weighted by atomic mass is 19.1. The molecule has 3 atom stereocenters. The minimum absolute atomic E-state index is 0.0100. The second-order valence-electron chi connectivity index (χ2n) is 10.2. The van der Waals surface area contributed by atoms with Crippen molar-refractivity contribution in [2.24, 2.45) is 5.92 Å². The zero-order chi connectivity index (χ0) is 30.3. The van der Waals surface area contributed by atoms with Crippen molar-refractivity contribution in [2.75, 3.05) is 18.5 Å². The summed E-state index contributed by atoms with van der Waals surface area (Å²) >= 11 is 0. The SMILES string of the molecule is O=C1OC[C@H](c2ccccc2)N1C(=O)[C@H](C/C=C(\CO)c1ccc(F)cc1)[C@H](Nc1ccc(F)cc1)c1ccc(O)cc1. The third-order valence-corrected chi connectivity index (χ3v) is 7.44. The van der Waals surface area contributed by atoms with Crippen LogP contribution in [0.3, 0.4) is 0 Å². The molecule has 7 nitrogen and oxygen atoms in total. The maximum absolute atomic E-state index is 14.5. The molecule has 0 unspecified atom stereocenters. The van der Waals surface area contributed by atoms with Crippen LogP contribution >= 0.6 is 0 Å². The molecule has 220 valence electrons. The van der Waals surface area contributed by atoms with Crippen LogP contribution in [0.1, 0.15) is 35.2 Å². The number of carbonyl (C=O) groups is 2. The predicted octanol–water partition coefficient (Wildman–Crippen LogP) is 6.63. The number of amides is 2. The van der Waals surface area contributed by atoms with E-state index in [-0.39, 0.29) is 25.4 Å². The Labute approximate surface area is 247 Å². The van der Waals surface area contributed by atoms with Crippen molar-refractivity contribution in [3.63, 3.8) is 0 Å². The minimum Gasteiger partial charge on any atom is -0.508 e. The molecule has 1 aliphatic heterocycles. The van der Waals surface area contributed by atoms with Crippen LogP contribution in [0, 0.1) is 17.6 Å². The van der Waals surface area contributed by atoms with E-state index in [1.807, 2.05) is 30.3 Å². The van der Waals surface area contributed by atoms with Crippen LogP contribution in [0.15, 0.2) is 109 Å². The Bertz CT molecular complexity index is 1580. The zero-order valence-corrected chi connectivity index (χ0v) is 23.1. The van der Waals surface area contributed by atoms with Crippen molar-refractivity contribution in [1.29, 1.82) is 0 Å². The third-order valence-electron chi connectivity index (χ3n) is 7.44. The van der Waals surface area contributed by atoms with Crippen LogP contribution in [0.4, 0.5) is 19.3 Å². The van der Waals surface area contributed by atoms with Gasteiger partial charge in [-0.05, 0) is 77.2 Å². The normalized spacial score (nSPS) is 16.4. The average molecular weight is 585 g/mol. The number of phenols is 1. The molecular weight excluding hydrogens is 554 g/mol. The Morgan fingerprint density at radius 3 is 2.19 bits per heavy atom. The fourth-order valence-electron chi connectivity index (χ4n) is 5.17. The number of phenolic OH excluding ortho intramolecular Hbond substituents is 1. The number of aromatic hydroxyl groups is 1. The van der Waals surface area contributed by atoms with E-state index in [0.717, 1.165) is 10.5 Å². The van der Waals surface area contributed by atoms with Crippen molar-refractivity contribution in [3.8, 4) is 5.75 Å². The summed E-state index contributed by atoms with van der Waals surface area (Å²) < 4.78 is 32.7. The smallest absolute Gasteiger partial charge is 0.417 e. The number of rotatable bonds is 10. The Morgan fingerprint density at radius 1 is 0.930 bits per heavy atom.